The number of hydrogen-bond donors (Lipinski definition) is 2. The first-order valence-electron chi connectivity index (χ1n) is 14.6. The number of para-hydroxylation sites is 2. The molecule has 47 heavy (non-hydrogen) atoms. The molecule has 1 unspecified atom stereocenters. The van der Waals surface area contributed by atoms with Crippen molar-refractivity contribution in [3.63, 3.8) is 0 Å². The zero-order valence-corrected chi connectivity index (χ0v) is 28.1. The number of carbonyl (C=O) groups excluding carboxylic acids is 3. The number of anilines is 3. The Labute approximate surface area is 291 Å². The first-order chi connectivity index (χ1) is 22.8. The topological polar surface area (TPSA) is 78.5 Å². The van der Waals surface area contributed by atoms with Gasteiger partial charge in [0, 0.05) is 36.0 Å². The van der Waals surface area contributed by atoms with Crippen LogP contribution in [-0.4, -0.2) is 23.0 Å². The Morgan fingerprint density at radius 2 is 1.40 bits per heavy atom. The fourth-order valence-electron chi connectivity index (χ4n) is 4.91. The molecule has 1 aliphatic heterocycles. The van der Waals surface area contributed by atoms with E-state index in [4.69, 9.17) is 23.2 Å². The highest BCUT2D eigenvalue weighted by molar-refractivity contribution is 8.00. The standard InChI is InChI=1S/C37H27Cl2N3O3S2/c1-23(37(45)42-31-11-5-7-13-33(31)47-34-14-8-6-12-32(34)42)46-28-19-17-27(18-20-28)40-36(44)30(21-25-15-16-26(38)22-29(25)39)41-35(43)24-9-3-2-4-10-24/h2-23H,1H3,(H,40,44)(H,41,43)/b30-21-. The second kappa shape index (κ2) is 14.5. The predicted molar refractivity (Wildman–Crippen MR) is 193 cm³/mol. The lowest BCUT2D eigenvalue weighted by atomic mass is 10.1. The van der Waals surface area contributed by atoms with Crippen LogP contribution in [0.15, 0.2) is 142 Å². The second-order valence-electron chi connectivity index (χ2n) is 10.5. The van der Waals surface area contributed by atoms with Crippen molar-refractivity contribution in [3.05, 3.63) is 148 Å². The monoisotopic (exact) mass is 695 g/mol. The molecule has 3 amide bonds. The normalized spacial score (nSPS) is 12.8. The van der Waals surface area contributed by atoms with Gasteiger partial charge in [0.25, 0.3) is 11.8 Å². The first kappa shape index (κ1) is 32.5. The van der Waals surface area contributed by atoms with E-state index >= 15 is 0 Å². The average molecular weight is 697 g/mol. The number of fused-ring (bicyclic) bond motifs is 2. The Hall–Kier alpha value is -4.47. The van der Waals surface area contributed by atoms with Gasteiger partial charge in [0.1, 0.15) is 5.70 Å². The number of halogens is 2. The number of benzene rings is 5. The van der Waals surface area contributed by atoms with Gasteiger partial charge in [-0.3, -0.25) is 19.3 Å². The van der Waals surface area contributed by atoms with Gasteiger partial charge in [0.15, 0.2) is 0 Å². The minimum atomic E-state index is -0.537. The highest BCUT2D eigenvalue weighted by Gasteiger charge is 2.31. The molecule has 1 heterocycles. The van der Waals surface area contributed by atoms with Crippen LogP contribution in [0, 0.1) is 0 Å². The average Bonchev–Trinajstić information content (AvgIpc) is 3.08. The summed E-state index contributed by atoms with van der Waals surface area (Å²) >= 11 is 15.5. The Balaban J connectivity index is 1.17. The van der Waals surface area contributed by atoms with Crippen LogP contribution in [-0.2, 0) is 9.59 Å². The van der Waals surface area contributed by atoms with Crippen LogP contribution in [0.1, 0.15) is 22.8 Å². The molecule has 0 aromatic heterocycles. The molecule has 5 aromatic rings. The van der Waals surface area contributed by atoms with Crippen molar-refractivity contribution in [2.75, 3.05) is 10.2 Å². The van der Waals surface area contributed by atoms with Gasteiger partial charge in [-0.05, 0) is 91.4 Å². The molecule has 6 rings (SSSR count). The molecule has 0 radical (unpaired) electrons. The van der Waals surface area contributed by atoms with Crippen LogP contribution < -0.4 is 15.5 Å². The summed E-state index contributed by atoms with van der Waals surface area (Å²) < 4.78 is 0. The molecule has 5 aromatic carbocycles. The molecule has 0 bridgehead atoms. The van der Waals surface area contributed by atoms with Gasteiger partial charge in [0.2, 0.25) is 5.91 Å². The van der Waals surface area contributed by atoms with Crippen LogP contribution in [0.2, 0.25) is 10.0 Å². The highest BCUT2D eigenvalue weighted by atomic mass is 35.5. The van der Waals surface area contributed by atoms with Crippen molar-refractivity contribution in [1.82, 2.24) is 5.32 Å². The van der Waals surface area contributed by atoms with E-state index in [2.05, 4.69) is 10.6 Å². The minimum absolute atomic E-state index is 0.000929. The van der Waals surface area contributed by atoms with E-state index in [1.165, 1.54) is 17.8 Å². The van der Waals surface area contributed by atoms with E-state index in [-0.39, 0.29) is 11.6 Å². The second-order valence-corrected chi connectivity index (χ2v) is 13.8. The summed E-state index contributed by atoms with van der Waals surface area (Å²) in [5, 5.41) is 5.94. The van der Waals surface area contributed by atoms with Crippen molar-refractivity contribution in [1.29, 1.82) is 0 Å². The summed E-state index contributed by atoms with van der Waals surface area (Å²) in [5.74, 6) is -1.01. The summed E-state index contributed by atoms with van der Waals surface area (Å²) in [6.45, 7) is 1.89. The van der Waals surface area contributed by atoms with E-state index in [0.717, 1.165) is 26.1 Å². The van der Waals surface area contributed by atoms with Gasteiger partial charge < -0.3 is 10.6 Å². The van der Waals surface area contributed by atoms with E-state index in [9.17, 15) is 14.4 Å². The molecular formula is C37H27Cl2N3O3S2. The van der Waals surface area contributed by atoms with Crippen LogP contribution in [0.25, 0.3) is 6.08 Å². The molecule has 0 spiro atoms. The van der Waals surface area contributed by atoms with Crippen molar-refractivity contribution < 1.29 is 14.4 Å². The maximum absolute atomic E-state index is 13.9. The first-order valence-corrected chi connectivity index (χ1v) is 17.0. The van der Waals surface area contributed by atoms with E-state index in [0.29, 0.717) is 26.9 Å². The third-order valence-electron chi connectivity index (χ3n) is 7.22. The van der Waals surface area contributed by atoms with Crippen molar-refractivity contribution >= 4 is 87.6 Å². The summed E-state index contributed by atoms with van der Waals surface area (Å²) in [4.78, 5) is 45.0. The highest BCUT2D eigenvalue weighted by Crippen LogP contribution is 2.48. The molecule has 2 N–H and O–H groups in total. The summed E-state index contributed by atoms with van der Waals surface area (Å²) in [5.41, 5.74) is 3.16. The third kappa shape index (κ3) is 7.58. The molecule has 1 aliphatic rings. The van der Waals surface area contributed by atoms with Crippen molar-refractivity contribution in [2.45, 2.75) is 26.9 Å². The van der Waals surface area contributed by atoms with E-state index < -0.39 is 17.1 Å². The largest absolute Gasteiger partial charge is 0.321 e. The molecule has 0 fully saturated rings. The molecule has 1 atom stereocenters. The van der Waals surface area contributed by atoms with Gasteiger partial charge in [-0.25, -0.2) is 0 Å². The molecule has 0 aliphatic carbocycles. The van der Waals surface area contributed by atoms with Gasteiger partial charge >= 0.3 is 0 Å². The lowest BCUT2D eigenvalue weighted by molar-refractivity contribution is -0.117. The Morgan fingerprint density at radius 1 is 0.787 bits per heavy atom. The fourth-order valence-corrected chi connectivity index (χ4v) is 7.34. The Kier molecular flexibility index (Phi) is 10.0. The summed E-state index contributed by atoms with van der Waals surface area (Å²) in [6, 6.07) is 36.5. The number of hydrogen-bond acceptors (Lipinski definition) is 5. The van der Waals surface area contributed by atoms with Crippen molar-refractivity contribution in [3.8, 4) is 0 Å². The predicted octanol–water partition coefficient (Wildman–Crippen LogP) is 9.71. The maximum atomic E-state index is 13.9. The number of thioether (sulfide) groups is 1. The fraction of sp³-hybridized carbons (Fsp3) is 0.0541. The summed E-state index contributed by atoms with van der Waals surface area (Å²) in [6.07, 6.45) is 1.50. The molecule has 6 nitrogen and oxygen atoms in total. The summed E-state index contributed by atoms with van der Waals surface area (Å²) in [7, 11) is 0. The number of nitrogens with zero attached hydrogens (tertiary/aromatic N) is 1. The molecule has 234 valence electrons. The Bertz CT molecular complexity index is 1960. The molecule has 10 heteroatoms. The zero-order chi connectivity index (χ0) is 32.9. The molecular weight excluding hydrogens is 669 g/mol. The smallest absolute Gasteiger partial charge is 0.272 e. The number of carbonyl (C=O) groups is 3. The van der Waals surface area contributed by atoms with E-state index in [1.807, 2.05) is 67.6 Å². The number of rotatable bonds is 8. The lowest BCUT2D eigenvalue weighted by Gasteiger charge is -2.32. The Morgan fingerprint density at radius 3 is 2.04 bits per heavy atom. The zero-order valence-electron chi connectivity index (χ0n) is 24.9. The van der Waals surface area contributed by atoms with Crippen LogP contribution >= 0.6 is 46.7 Å². The van der Waals surface area contributed by atoms with Crippen molar-refractivity contribution in [2.24, 2.45) is 0 Å². The van der Waals surface area contributed by atoms with Gasteiger partial charge in [-0.1, -0.05) is 83.5 Å². The van der Waals surface area contributed by atoms with Crippen LogP contribution in [0.5, 0.6) is 0 Å². The molecule has 0 saturated heterocycles. The van der Waals surface area contributed by atoms with Crippen LogP contribution in [0.3, 0.4) is 0 Å². The molecule has 0 saturated carbocycles. The van der Waals surface area contributed by atoms with Gasteiger partial charge in [-0.2, -0.15) is 0 Å². The SMILES string of the molecule is CC(Sc1ccc(NC(=O)/C(=C/c2ccc(Cl)cc2Cl)NC(=O)c2ccccc2)cc1)C(=O)N1c2ccccc2Sc2ccccc21. The number of amides is 3. The van der Waals surface area contributed by atoms with Crippen LogP contribution in [0.4, 0.5) is 17.1 Å². The van der Waals surface area contributed by atoms with E-state index in [1.54, 1.807) is 77.3 Å². The maximum Gasteiger partial charge on any atom is 0.272 e. The minimum Gasteiger partial charge on any atom is -0.321 e. The third-order valence-corrected chi connectivity index (χ3v) is 10.0. The van der Waals surface area contributed by atoms with Gasteiger partial charge in [-0.15, -0.1) is 11.8 Å². The quantitative estimate of drug-likeness (QED) is 0.125. The lowest BCUT2D eigenvalue weighted by Crippen LogP contribution is -2.34. The van der Waals surface area contributed by atoms with Gasteiger partial charge in [0.05, 0.1) is 16.6 Å². The number of nitrogens with one attached hydrogen (secondary N) is 2.